The fourth-order valence-corrected chi connectivity index (χ4v) is 7.23. The van der Waals surface area contributed by atoms with Crippen molar-refractivity contribution in [3.63, 3.8) is 0 Å². The highest BCUT2D eigenvalue weighted by atomic mass is 19.4. The summed E-state index contributed by atoms with van der Waals surface area (Å²) >= 11 is 0. The second-order valence-electron chi connectivity index (χ2n) is 12.0. The first kappa shape index (κ1) is 33.6. The molecule has 0 aliphatic heterocycles. The van der Waals surface area contributed by atoms with E-state index in [1.165, 1.54) is 25.1 Å². The zero-order chi connectivity index (χ0) is 37.2. The van der Waals surface area contributed by atoms with Crippen LogP contribution in [0.4, 0.5) is 30.7 Å². The molecule has 0 unspecified atom stereocenters. The van der Waals surface area contributed by atoms with E-state index in [1.54, 1.807) is 30.3 Å². The molecule has 5 nitrogen and oxygen atoms in total. The summed E-state index contributed by atoms with van der Waals surface area (Å²) in [7, 11) is 0. The third-order valence-electron chi connectivity index (χ3n) is 9.27. The van der Waals surface area contributed by atoms with Crippen LogP contribution < -0.4 is 15.2 Å². The lowest BCUT2D eigenvalue weighted by atomic mass is 9.86. The predicted molar refractivity (Wildman–Crippen MR) is 176 cm³/mol. The Labute approximate surface area is 290 Å². The van der Waals surface area contributed by atoms with E-state index in [4.69, 9.17) is 13.1 Å². The van der Waals surface area contributed by atoms with E-state index in [-0.39, 0.29) is 68.1 Å². The Morgan fingerprint density at radius 1 is 0.673 bits per heavy atom. The molecular weight excluding hydrogens is 685 g/mol. The van der Waals surface area contributed by atoms with Crippen LogP contribution in [0.2, 0.25) is 0 Å². The van der Waals surface area contributed by atoms with Gasteiger partial charge in [0.1, 0.15) is 11.6 Å². The van der Waals surface area contributed by atoms with Gasteiger partial charge in [-0.25, -0.2) is 37.8 Å². The second-order valence-corrected chi connectivity index (χ2v) is 12.0. The van der Waals surface area contributed by atoms with E-state index < -0.39 is 35.4 Å². The van der Waals surface area contributed by atoms with Crippen LogP contribution in [0.3, 0.4) is 0 Å². The van der Waals surface area contributed by atoms with E-state index in [9.17, 15) is 32.5 Å². The van der Waals surface area contributed by atoms with Gasteiger partial charge in [-0.2, -0.15) is 0 Å². The molecule has 12 heteroatoms. The van der Waals surface area contributed by atoms with Crippen molar-refractivity contribution >= 4 is 11.4 Å². The molecule has 5 aromatic carbocycles. The zero-order valence-electron chi connectivity index (χ0n) is 26.5. The largest absolute Gasteiger partial charge is 0.573 e. The highest BCUT2D eigenvalue weighted by molar-refractivity contribution is 5.99. The molecule has 0 saturated carbocycles. The smallest absolute Gasteiger partial charge is 0.399 e. The number of fused-ring (bicyclic) bond motifs is 6. The quantitative estimate of drug-likeness (QED) is 0.136. The monoisotopic (exact) mass is 702 g/mol. The maximum absolute atomic E-state index is 15.1. The SMILES string of the molecule is [C-]#[N+]/C(C#N)=c1/c2c(/c(=C(\C#N)[N+]#[C-])c3c1-c1c(cccc1-c1cc(F)c(C)c(F)c1)C3)-c1c(cccc1-c1cc(F)c(OC(F)(F)F)c(F)c1)C2. The van der Waals surface area contributed by atoms with Crippen LogP contribution >= 0.6 is 0 Å². The number of hydrogen-bond acceptors (Lipinski definition) is 3. The number of rotatable bonds is 3. The van der Waals surface area contributed by atoms with Gasteiger partial charge in [0.05, 0.1) is 25.3 Å². The first-order valence-corrected chi connectivity index (χ1v) is 15.3. The van der Waals surface area contributed by atoms with Crippen molar-refractivity contribution in [2.24, 2.45) is 0 Å². The van der Waals surface area contributed by atoms with Gasteiger partial charge >= 0.3 is 6.36 Å². The Bertz CT molecular complexity index is 2680. The van der Waals surface area contributed by atoms with Crippen molar-refractivity contribution < 1.29 is 35.5 Å². The molecular formula is C40H17F7N4O. The van der Waals surface area contributed by atoms with Crippen LogP contribution in [0.25, 0.3) is 65.6 Å². The maximum atomic E-state index is 15.1. The lowest BCUT2D eigenvalue weighted by Crippen LogP contribution is -2.26. The Hall–Kier alpha value is -6.89. The first-order valence-electron chi connectivity index (χ1n) is 15.3. The topological polar surface area (TPSA) is 65.5 Å². The van der Waals surface area contributed by atoms with E-state index >= 15 is 8.78 Å². The van der Waals surface area contributed by atoms with Gasteiger partial charge in [0.15, 0.2) is 11.6 Å². The Balaban J connectivity index is 1.63. The molecule has 252 valence electrons. The van der Waals surface area contributed by atoms with E-state index in [0.717, 1.165) is 0 Å². The molecule has 0 atom stereocenters. The van der Waals surface area contributed by atoms with Gasteiger partial charge < -0.3 is 4.74 Å². The Morgan fingerprint density at radius 3 is 1.44 bits per heavy atom. The molecule has 0 amide bonds. The van der Waals surface area contributed by atoms with Gasteiger partial charge in [0, 0.05) is 16.0 Å². The molecule has 0 fully saturated rings. The molecule has 2 aliphatic carbocycles. The molecule has 0 N–H and O–H groups in total. The van der Waals surface area contributed by atoms with Crippen molar-refractivity contribution in [3.8, 4) is 62.4 Å². The summed E-state index contributed by atoms with van der Waals surface area (Å²) in [6, 6.07) is 17.2. The molecule has 0 heterocycles. The van der Waals surface area contributed by atoms with Crippen molar-refractivity contribution in [2.75, 3.05) is 0 Å². The molecule has 0 saturated heterocycles. The lowest BCUT2D eigenvalue weighted by molar-refractivity contribution is -0.276. The molecule has 0 bridgehead atoms. The molecule has 0 radical (unpaired) electrons. The minimum Gasteiger partial charge on any atom is -0.399 e. The summed E-state index contributed by atoms with van der Waals surface area (Å²) < 4.78 is 102. The molecule has 0 aromatic heterocycles. The van der Waals surface area contributed by atoms with E-state index in [2.05, 4.69) is 14.4 Å². The third kappa shape index (κ3) is 5.13. The van der Waals surface area contributed by atoms with Crippen molar-refractivity contribution in [1.29, 1.82) is 10.5 Å². The van der Waals surface area contributed by atoms with Gasteiger partial charge in [-0.3, -0.25) is 0 Å². The number of alkyl halides is 3. The van der Waals surface area contributed by atoms with Gasteiger partial charge in [-0.15, -0.1) is 13.2 Å². The highest BCUT2D eigenvalue weighted by Gasteiger charge is 2.36. The van der Waals surface area contributed by atoms with Crippen molar-refractivity contribution in [1.82, 2.24) is 0 Å². The number of benzene rings is 5. The number of nitrogens with zero attached hydrogens (tertiary/aromatic N) is 4. The lowest BCUT2D eigenvalue weighted by Gasteiger charge is -2.17. The minimum atomic E-state index is -5.37. The summed E-state index contributed by atoms with van der Waals surface area (Å²) in [6.07, 6.45) is -5.30. The van der Waals surface area contributed by atoms with Gasteiger partial charge in [0.25, 0.3) is 11.4 Å². The molecule has 7 rings (SSSR count). The zero-order valence-corrected chi connectivity index (χ0v) is 26.5. The summed E-state index contributed by atoms with van der Waals surface area (Å²) in [5.74, 6) is -6.52. The second kappa shape index (κ2) is 12.2. The number of hydrogen-bond donors (Lipinski definition) is 0. The van der Waals surface area contributed by atoms with Crippen LogP contribution in [0, 0.1) is 66.0 Å². The Kier molecular flexibility index (Phi) is 7.86. The van der Waals surface area contributed by atoms with Crippen LogP contribution in [0.15, 0.2) is 60.7 Å². The highest BCUT2D eigenvalue weighted by Crippen LogP contribution is 2.47. The first-order chi connectivity index (χ1) is 24.8. The standard InChI is InChI=1S/C40H17F7N4O/c1-18-27(41)12-21(13-28(18)42)23-8-4-6-19-10-25-36(32(17-49)51-3)38-26(35(31(16-48)50-2)37(25)33(19)23)11-20-7-5-9-24(34(20)38)22-14-29(43)39(30(44)15-22)52-40(45,46)47/h4-9,12-15H,10-11H2,1H3/b35-31-,36-32+. The normalized spacial score (nSPS) is 13.4. The Morgan fingerprint density at radius 2 is 1.08 bits per heavy atom. The minimum absolute atomic E-state index is 0.0110. The summed E-state index contributed by atoms with van der Waals surface area (Å²) in [6.45, 7) is 17.2. The van der Waals surface area contributed by atoms with Crippen LogP contribution in [-0.4, -0.2) is 6.36 Å². The number of nitriles is 2. The van der Waals surface area contributed by atoms with Crippen LogP contribution in [-0.2, 0) is 12.8 Å². The average molecular weight is 703 g/mol. The predicted octanol–water partition coefficient (Wildman–Crippen LogP) is 9.03. The van der Waals surface area contributed by atoms with Gasteiger partial charge in [0.2, 0.25) is 5.75 Å². The van der Waals surface area contributed by atoms with Crippen LogP contribution in [0.1, 0.15) is 27.8 Å². The van der Waals surface area contributed by atoms with Crippen LogP contribution in [0.5, 0.6) is 5.75 Å². The summed E-state index contributed by atoms with van der Waals surface area (Å²) in [4.78, 5) is 7.02. The summed E-state index contributed by atoms with van der Waals surface area (Å²) in [5.41, 5.74) is 2.67. The average Bonchev–Trinajstić information content (AvgIpc) is 3.69. The summed E-state index contributed by atoms with van der Waals surface area (Å²) in [5, 5.41) is 20.9. The van der Waals surface area contributed by atoms with Gasteiger partial charge in [-0.1, -0.05) is 36.4 Å². The molecule has 5 aromatic rings. The van der Waals surface area contributed by atoms with Crippen molar-refractivity contribution in [3.05, 3.63) is 145 Å². The number of ether oxygens (including phenoxy) is 1. The molecule has 0 spiro atoms. The fraction of sp³-hybridized carbons (Fsp3) is 0.100. The maximum Gasteiger partial charge on any atom is 0.573 e. The molecule has 2 aliphatic rings. The molecule has 52 heavy (non-hydrogen) atoms. The number of halogens is 7. The van der Waals surface area contributed by atoms with Gasteiger partial charge in [-0.05, 0) is 111 Å². The fourth-order valence-electron chi connectivity index (χ4n) is 7.23. The van der Waals surface area contributed by atoms with E-state index in [0.29, 0.717) is 51.1 Å². The third-order valence-corrected chi connectivity index (χ3v) is 9.27. The van der Waals surface area contributed by atoms with E-state index in [1.807, 2.05) is 12.1 Å². The van der Waals surface area contributed by atoms with Crippen molar-refractivity contribution in [2.45, 2.75) is 26.1 Å².